The summed E-state index contributed by atoms with van der Waals surface area (Å²) in [7, 11) is 0. The van der Waals surface area contributed by atoms with Gasteiger partial charge in [-0.25, -0.2) is 0 Å². The molecule has 1 aliphatic rings. The fourth-order valence-corrected chi connectivity index (χ4v) is 3.62. The first-order valence-corrected chi connectivity index (χ1v) is 11.8. The zero-order chi connectivity index (χ0) is 22.4. The normalized spacial score (nSPS) is 15.3. The van der Waals surface area contributed by atoms with Crippen LogP contribution in [0.1, 0.15) is 51.9 Å². The van der Waals surface area contributed by atoms with Gasteiger partial charge in [-0.05, 0) is 43.5 Å². The lowest BCUT2D eigenvalue weighted by molar-refractivity contribution is -0.114. The fraction of sp³-hybridized carbons (Fsp3) is 0.500. The Morgan fingerprint density at radius 3 is 2.78 bits per heavy atom. The van der Waals surface area contributed by atoms with Gasteiger partial charge in [0.2, 0.25) is 5.91 Å². The Balaban J connectivity index is 1.42. The number of carbonyl (C=O) groups is 1. The molecular formula is C26H36N2O4. The lowest BCUT2D eigenvalue weighted by Gasteiger charge is -2.15. The van der Waals surface area contributed by atoms with Gasteiger partial charge in [-0.1, -0.05) is 50.8 Å². The summed E-state index contributed by atoms with van der Waals surface area (Å²) in [6.45, 7) is 4.38. The molecule has 1 unspecified atom stereocenters. The van der Waals surface area contributed by atoms with Crippen molar-refractivity contribution < 1.29 is 19.0 Å². The van der Waals surface area contributed by atoms with E-state index >= 15 is 0 Å². The average molecular weight is 441 g/mol. The standard InChI is InChI=1S/C26H36N2O4/c1-2-3-4-5-8-16-30-22-12-9-11-21(18-22)27-19-26(29)28-24-14-6-7-15-25(24)32-20-23-13-10-17-31-23/h6-7,9,11-12,14-15,18,23,27H,2-5,8,10,13,16-17,19-20H2,1H3,(H,28,29). The summed E-state index contributed by atoms with van der Waals surface area (Å²) < 4.78 is 17.3. The second-order valence-electron chi connectivity index (χ2n) is 8.13. The first-order chi connectivity index (χ1) is 15.7. The average Bonchev–Trinajstić information content (AvgIpc) is 3.33. The van der Waals surface area contributed by atoms with Crippen LogP contribution in [0.5, 0.6) is 11.5 Å². The molecule has 0 saturated carbocycles. The maximum atomic E-state index is 12.5. The number of ether oxygens (including phenoxy) is 3. The van der Waals surface area contributed by atoms with Crippen LogP contribution in [0.4, 0.5) is 11.4 Å². The van der Waals surface area contributed by atoms with Crippen LogP contribution < -0.4 is 20.1 Å². The molecule has 1 atom stereocenters. The minimum absolute atomic E-state index is 0.131. The lowest BCUT2D eigenvalue weighted by Crippen LogP contribution is -2.22. The summed E-state index contributed by atoms with van der Waals surface area (Å²) in [5.41, 5.74) is 1.52. The summed E-state index contributed by atoms with van der Waals surface area (Å²) in [5.74, 6) is 1.34. The number of carbonyl (C=O) groups excluding carboxylic acids is 1. The van der Waals surface area contributed by atoms with Gasteiger partial charge in [-0.3, -0.25) is 4.79 Å². The van der Waals surface area contributed by atoms with Gasteiger partial charge in [0, 0.05) is 18.4 Å². The second-order valence-corrected chi connectivity index (χ2v) is 8.13. The molecule has 3 rings (SSSR count). The van der Waals surface area contributed by atoms with Crippen molar-refractivity contribution in [2.24, 2.45) is 0 Å². The van der Waals surface area contributed by atoms with Crippen molar-refractivity contribution in [1.82, 2.24) is 0 Å². The highest BCUT2D eigenvalue weighted by atomic mass is 16.5. The van der Waals surface area contributed by atoms with Gasteiger partial charge < -0.3 is 24.8 Å². The van der Waals surface area contributed by atoms with E-state index in [0.29, 0.717) is 18.0 Å². The van der Waals surface area contributed by atoms with Crippen molar-refractivity contribution >= 4 is 17.3 Å². The maximum absolute atomic E-state index is 12.5. The number of hydrogen-bond acceptors (Lipinski definition) is 5. The van der Waals surface area contributed by atoms with E-state index in [9.17, 15) is 4.79 Å². The first-order valence-electron chi connectivity index (χ1n) is 11.8. The number of amides is 1. The quantitative estimate of drug-likeness (QED) is 0.372. The summed E-state index contributed by atoms with van der Waals surface area (Å²) in [6.07, 6.45) is 8.27. The van der Waals surface area contributed by atoms with E-state index in [1.54, 1.807) is 0 Å². The van der Waals surface area contributed by atoms with Crippen molar-refractivity contribution in [2.45, 2.75) is 58.0 Å². The number of unbranched alkanes of at least 4 members (excludes halogenated alkanes) is 4. The number of nitrogens with one attached hydrogen (secondary N) is 2. The highest BCUT2D eigenvalue weighted by Crippen LogP contribution is 2.25. The number of hydrogen-bond donors (Lipinski definition) is 2. The van der Waals surface area contributed by atoms with Crippen LogP contribution in [0.3, 0.4) is 0 Å². The minimum atomic E-state index is -0.139. The van der Waals surface area contributed by atoms with Crippen molar-refractivity contribution in [3.8, 4) is 11.5 Å². The van der Waals surface area contributed by atoms with Gasteiger partial charge in [0.1, 0.15) is 18.1 Å². The molecule has 1 fully saturated rings. The molecule has 1 heterocycles. The molecule has 2 N–H and O–H groups in total. The molecule has 0 aliphatic carbocycles. The molecule has 6 heteroatoms. The van der Waals surface area contributed by atoms with Crippen LogP contribution >= 0.6 is 0 Å². The Hall–Kier alpha value is -2.73. The fourth-order valence-electron chi connectivity index (χ4n) is 3.62. The maximum Gasteiger partial charge on any atom is 0.243 e. The highest BCUT2D eigenvalue weighted by Gasteiger charge is 2.17. The number of para-hydroxylation sites is 2. The Morgan fingerprint density at radius 2 is 1.94 bits per heavy atom. The first kappa shape index (κ1) is 23.9. The van der Waals surface area contributed by atoms with Crippen molar-refractivity contribution in [3.63, 3.8) is 0 Å². The zero-order valence-electron chi connectivity index (χ0n) is 19.1. The van der Waals surface area contributed by atoms with Gasteiger partial charge in [-0.2, -0.15) is 0 Å². The molecular weight excluding hydrogens is 404 g/mol. The van der Waals surface area contributed by atoms with E-state index in [0.717, 1.165) is 43.9 Å². The van der Waals surface area contributed by atoms with Gasteiger partial charge in [0.05, 0.1) is 24.9 Å². The van der Waals surface area contributed by atoms with E-state index in [4.69, 9.17) is 14.2 Å². The molecule has 0 aromatic heterocycles. The highest BCUT2D eigenvalue weighted by molar-refractivity contribution is 5.95. The third-order valence-corrected chi connectivity index (χ3v) is 5.41. The van der Waals surface area contributed by atoms with Crippen LogP contribution in [0.25, 0.3) is 0 Å². The molecule has 1 saturated heterocycles. The van der Waals surface area contributed by atoms with Crippen LogP contribution in [-0.2, 0) is 9.53 Å². The van der Waals surface area contributed by atoms with Crippen molar-refractivity contribution in [3.05, 3.63) is 48.5 Å². The SMILES string of the molecule is CCCCCCCOc1cccc(NCC(=O)Nc2ccccc2OCC2CCCO2)c1. The summed E-state index contributed by atoms with van der Waals surface area (Å²) in [5, 5.41) is 6.10. The molecule has 2 aromatic rings. The Bertz CT molecular complexity index is 821. The van der Waals surface area contributed by atoms with Crippen LogP contribution in [0.15, 0.2) is 48.5 Å². The van der Waals surface area contributed by atoms with E-state index in [2.05, 4.69) is 17.6 Å². The van der Waals surface area contributed by atoms with E-state index in [1.807, 2.05) is 48.5 Å². The number of rotatable bonds is 14. The van der Waals surface area contributed by atoms with Gasteiger partial charge in [-0.15, -0.1) is 0 Å². The molecule has 0 bridgehead atoms. The number of anilines is 2. The molecule has 1 aliphatic heterocycles. The van der Waals surface area contributed by atoms with Gasteiger partial charge in [0.15, 0.2) is 0 Å². The van der Waals surface area contributed by atoms with E-state index in [1.165, 1.54) is 25.7 Å². The predicted octanol–water partition coefficient (Wildman–Crippen LogP) is 5.64. The largest absolute Gasteiger partial charge is 0.494 e. The molecule has 174 valence electrons. The minimum Gasteiger partial charge on any atom is -0.494 e. The van der Waals surface area contributed by atoms with Crippen molar-refractivity contribution in [2.75, 3.05) is 37.0 Å². The summed E-state index contributed by atoms with van der Waals surface area (Å²) in [6, 6.07) is 15.2. The Kier molecular flexibility index (Phi) is 10.2. The molecule has 6 nitrogen and oxygen atoms in total. The van der Waals surface area contributed by atoms with Crippen molar-refractivity contribution in [1.29, 1.82) is 0 Å². The van der Waals surface area contributed by atoms with E-state index in [-0.39, 0.29) is 18.6 Å². The van der Waals surface area contributed by atoms with Gasteiger partial charge >= 0.3 is 0 Å². The predicted molar refractivity (Wildman–Crippen MR) is 129 cm³/mol. The molecule has 32 heavy (non-hydrogen) atoms. The second kappa shape index (κ2) is 13.6. The molecule has 2 aromatic carbocycles. The van der Waals surface area contributed by atoms with E-state index < -0.39 is 0 Å². The summed E-state index contributed by atoms with van der Waals surface area (Å²) >= 11 is 0. The molecule has 0 radical (unpaired) electrons. The van der Waals surface area contributed by atoms with Crippen LogP contribution in [0.2, 0.25) is 0 Å². The monoisotopic (exact) mass is 440 g/mol. The molecule has 1 amide bonds. The topological polar surface area (TPSA) is 68.8 Å². The molecule has 0 spiro atoms. The third-order valence-electron chi connectivity index (χ3n) is 5.41. The Labute approximate surface area is 191 Å². The van der Waals surface area contributed by atoms with Crippen LogP contribution in [0, 0.1) is 0 Å². The zero-order valence-corrected chi connectivity index (χ0v) is 19.1. The van der Waals surface area contributed by atoms with Crippen LogP contribution in [-0.4, -0.2) is 38.4 Å². The summed E-state index contributed by atoms with van der Waals surface area (Å²) in [4.78, 5) is 12.5. The lowest BCUT2D eigenvalue weighted by atomic mass is 10.2. The Morgan fingerprint density at radius 1 is 1.06 bits per heavy atom. The van der Waals surface area contributed by atoms with Gasteiger partial charge in [0.25, 0.3) is 0 Å². The third kappa shape index (κ3) is 8.42. The number of benzene rings is 2. The smallest absolute Gasteiger partial charge is 0.243 e.